The maximum Gasteiger partial charge on any atom is 0.232 e. The molecular weight excluding hydrogens is 254 g/mol. The predicted octanol–water partition coefficient (Wildman–Crippen LogP) is 2.12. The molecule has 1 saturated carbocycles. The van der Waals surface area contributed by atoms with Crippen molar-refractivity contribution in [1.82, 2.24) is 4.90 Å². The molecular formula is C16H19NO3. The first-order chi connectivity index (χ1) is 9.58. The Labute approximate surface area is 118 Å². The molecule has 0 aromatic heterocycles. The second-order valence-electron chi connectivity index (χ2n) is 5.80. The lowest BCUT2D eigenvalue weighted by molar-refractivity contribution is -0.153. The Hall–Kier alpha value is -1.84. The van der Waals surface area contributed by atoms with Crippen LogP contribution < -0.4 is 4.74 Å². The van der Waals surface area contributed by atoms with Gasteiger partial charge in [0.25, 0.3) is 0 Å². The number of nitrogens with zero attached hydrogens (tertiary/aromatic N) is 1. The van der Waals surface area contributed by atoms with Gasteiger partial charge in [-0.25, -0.2) is 0 Å². The molecule has 2 amide bonds. The normalized spacial score (nSPS) is 29.5. The van der Waals surface area contributed by atoms with Gasteiger partial charge in [0, 0.05) is 24.8 Å². The van der Waals surface area contributed by atoms with Crippen LogP contribution in [0.3, 0.4) is 0 Å². The number of amides is 2. The van der Waals surface area contributed by atoms with Gasteiger partial charge < -0.3 is 4.74 Å². The second kappa shape index (κ2) is 4.62. The number of carbonyl (C=O) groups is 2. The van der Waals surface area contributed by atoms with Gasteiger partial charge in [-0.15, -0.1) is 0 Å². The highest BCUT2D eigenvalue weighted by Gasteiger charge is 2.54. The molecule has 3 rings (SSSR count). The Balaban J connectivity index is 2.08. The van der Waals surface area contributed by atoms with Crippen molar-refractivity contribution in [2.75, 3.05) is 14.2 Å². The molecule has 1 aromatic carbocycles. The van der Waals surface area contributed by atoms with E-state index in [-0.39, 0.29) is 23.1 Å². The summed E-state index contributed by atoms with van der Waals surface area (Å²) in [6.07, 6.45) is 3.19. The van der Waals surface area contributed by atoms with E-state index in [1.807, 2.05) is 24.3 Å². The summed E-state index contributed by atoms with van der Waals surface area (Å²) in [7, 11) is 3.23. The van der Waals surface area contributed by atoms with E-state index < -0.39 is 0 Å². The Morgan fingerprint density at radius 1 is 1.35 bits per heavy atom. The molecule has 2 aliphatic rings. The van der Waals surface area contributed by atoms with Crippen molar-refractivity contribution < 1.29 is 14.3 Å². The average Bonchev–Trinajstić information content (AvgIpc) is 2.90. The zero-order chi connectivity index (χ0) is 14.3. The van der Waals surface area contributed by atoms with Gasteiger partial charge >= 0.3 is 0 Å². The number of benzene rings is 1. The van der Waals surface area contributed by atoms with Crippen LogP contribution in [0, 0.1) is 5.92 Å². The van der Waals surface area contributed by atoms with Gasteiger partial charge in [0.1, 0.15) is 5.75 Å². The van der Waals surface area contributed by atoms with E-state index >= 15 is 0 Å². The second-order valence-corrected chi connectivity index (χ2v) is 5.80. The molecule has 2 unspecified atom stereocenters. The molecule has 1 saturated heterocycles. The number of methoxy groups -OCH3 is 1. The fraction of sp³-hybridized carbons (Fsp3) is 0.500. The molecule has 0 radical (unpaired) electrons. The first-order valence-corrected chi connectivity index (χ1v) is 7.03. The van der Waals surface area contributed by atoms with Gasteiger partial charge in [0.15, 0.2) is 0 Å². The summed E-state index contributed by atoms with van der Waals surface area (Å²) in [6.45, 7) is 0. The Morgan fingerprint density at radius 3 is 2.90 bits per heavy atom. The first-order valence-electron chi connectivity index (χ1n) is 7.03. The monoisotopic (exact) mass is 273 g/mol. The van der Waals surface area contributed by atoms with Crippen molar-refractivity contribution in [1.29, 1.82) is 0 Å². The highest BCUT2D eigenvalue weighted by atomic mass is 16.5. The standard InChI is InChI=1S/C16H19NO3/c1-17-14(18)10-16(8-4-7-13(16)15(17)19)11-5-3-6-12(9-11)20-2/h3,5-6,9,13H,4,7-8,10H2,1-2H3. The largest absolute Gasteiger partial charge is 0.497 e. The number of hydrogen-bond donors (Lipinski definition) is 0. The molecule has 20 heavy (non-hydrogen) atoms. The summed E-state index contributed by atoms with van der Waals surface area (Å²) in [6, 6.07) is 7.82. The molecule has 1 aliphatic heterocycles. The summed E-state index contributed by atoms with van der Waals surface area (Å²) >= 11 is 0. The predicted molar refractivity (Wildman–Crippen MR) is 74.4 cm³/mol. The molecule has 0 N–H and O–H groups in total. The van der Waals surface area contributed by atoms with E-state index in [0.717, 1.165) is 30.6 Å². The van der Waals surface area contributed by atoms with Gasteiger partial charge in [-0.1, -0.05) is 18.6 Å². The summed E-state index contributed by atoms with van der Waals surface area (Å²) < 4.78 is 5.29. The molecule has 1 heterocycles. The highest BCUT2D eigenvalue weighted by molar-refractivity contribution is 6.00. The average molecular weight is 273 g/mol. The Morgan fingerprint density at radius 2 is 2.15 bits per heavy atom. The molecule has 0 bridgehead atoms. The van der Waals surface area contributed by atoms with Crippen molar-refractivity contribution in [3.05, 3.63) is 29.8 Å². The quantitative estimate of drug-likeness (QED) is 0.775. The molecule has 106 valence electrons. The maximum atomic E-state index is 12.4. The minimum Gasteiger partial charge on any atom is -0.497 e. The van der Waals surface area contributed by atoms with E-state index in [1.165, 1.54) is 4.90 Å². The molecule has 4 nitrogen and oxygen atoms in total. The SMILES string of the molecule is COc1cccc(C23CCCC2C(=O)N(C)C(=O)C3)c1. The van der Waals surface area contributed by atoms with Gasteiger partial charge in [0.2, 0.25) is 11.8 Å². The lowest BCUT2D eigenvalue weighted by atomic mass is 9.67. The third-order valence-electron chi connectivity index (χ3n) is 4.90. The van der Waals surface area contributed by atoms with E-state index in [2.05, 4.69) is 0 Å². The van der Waals surface area contributed by atoms with E-state index in [1.54, 1.807) is 14.2 Å². The van der Waals surface area contributed by atoms with Gasteiger partial charge in [-0.3, -0.25) is 14.5 Å². The minimum atomic E-state index is -0.324. The zero-order valence-corrected chi connectivity index (χ0v) is 11.9. The number of piperidine rings is 1. The number of fused-ring (bicyclic) bond motifs is 1. The fourth-order valence-electron chi connectivity index (χ4n) is 3.77. The number of rotatable bonds is 2. The van der Waals surface area contributed by atoms with Crippen LogP contribution in [0.5, 0.6) is 5.75 Å². The fourth-order valence-corrected chi connectivity index (χ4v) is 3.77. The molecule has 4 heteroatoms. The minimum absolute atomic E-state index is 0.0263. The van der Waals surface area contributed by atoms with Crippen LogP contribution in [-0.4, -0.2) is 30.9 Å². The number of hydrogen-bond acceptors (Lipinski definition) is 3. The van der Waals surface area contributed by atoms with E-state index in [4.69, 9.17) is 4.74 Å². The number of likely N-dealkylation sites (tertiary alicyclic amines) is 1. The van der Waals surface area contributed by atoms with Gasteiger partial charge in [-0.2, -0.15) is 0 Å². The van der Waals surface area contributed by atoms with Crippen LogP contribution in [0.15, 0.2) is 24.3 Å². The summed E-state index contributed by atoms with van der Waals surface area (Å²) in [4.78, 5) is 25.9. The third-order valence-corrected chi connectivity index (χ3v) is 4.90. The summed E-state index contributed by atoms with van der Waals surface area (Å²) in [5, 5.41) is 0. The van der Waals surface area contributed by atoms with Crippen molar-refractivity contribution >= 4 is 11.8 Å². The third kappa shape index (κ3) is 1.74. The Bertz CT molecular complexity index is 569. The van der Waals surface area contributed by atoms with Gasteiger partial charge in [0.05, 0.1) is 7.11 Å². The number of carbonyl (C=O) groups excluding carboxylic acids is 2. The zero-order valence-electron chi connectivity index (χ0n) is 11.9. The molecule has 2 atom stereocenters. The van der Waals surface area contributed by atoms with E-state index in [9.17, 15) is 9.59 Å². The lowest BCUT2D eigenvalue weighted by Gasteiger charge is -2.41. The highest BCUT2D eigenvalue weighted by Crippen LogP contribution is 2.51. The molecule has 0 spiro atoms. The lowest BCUT2D eigenvalue weighted by Crippen LogP contribution is -2.52. The van der Waals surface area contributed by atoms with Crippen molar-refractivity contribution in [2.45, 2.75) is 31.1 Å². The topological polar surface area (TPSA) is 46.6 Å². The van der Waals surface area contributed by atoms with Crippen LogP contribution in [0.25, 0.3) is 0 Å². The Kier molecular flexibility index (Phi) is 3.04. The van der Waals surface area contributed by atoms with Crippen LogP contribution >= 0.6 is 0 Å². The summed E-state index contributed by atoms with van der Waals surface area (Å²) in [5.74, 6) is 0.608. The van der Waals surface area contributed by atoms with Crippen LogP contribution in [0.4, 0.5) is 0 Å². The maximum absolute atomic E-state index is 12.4. The van der Waals surface area contributed by atoms with Gasteiger partial charge in [-0.05, 0) is 30.5 Å². The number of imide groups is 1. The van der Waals surface area contributed by atoms with Crippen LogP contribution in [0.1, 0.15) is 31.2 Å². The van der Waals surface area contributed by atoms with Crippen LogP contribution in [0.2, 0.25) is 0 Å². The first kappa shape index (κ1) is 13.2. The summed E-state index contributed by atoms with van der Waals surface area (Å²) in [5.41, 5.74) is 0.740. The van der Waals surface area contributed by atoms with Crippen molar-refractivity contribution in [3.8, 4) is 5.75 Å². The van der Waals surface area contributed by atoms with Crippen LogP contribution in [-0.2, 0) is 15.0 Å². The molecule has 1 aliphatic carbocycles. The van der Waals surface area contributed by atoms with E-state index in [0.29, 0.717) is 6.42 Å². The van der Waals surface area contributed by atoms with Crippen molar-refractivity contribution in [3.63, 3.8) is 0 Å². The molecule has 1 aromatic rings. The molecule has 2 fully saturated rings. The smallest absolute Gasteiger partial charge is 0.232 e. The van der Waals surface area contributed by atoms with Crippen molar-refractivity contribution in [2.24, 2.45) is 5.92 Å². The number of ether oxygens (including phenoxy) is 1.